The van der Waals surface area contributed by atoms with Crippen LogP contribution in [-0.4, -0.2) is 64.3 Å². The molecule has 1 saturated heterocycles. The third kappa shape index (κ3) is 3.57. The van der Waals surface area contributed by atoms with Gasteiger partial charge in [-0.25, -0.2) is 4.39 Å². The molecule has 8 fully saturated rings. The number of nitrogens with one attached hydrogen (secondary N) is 2. The Balaban J connectivity index is 1.05. The molecule has 5 atom stereocenters. The number of carbonyl (C=O) groups is 2. The molecule has 8 heteroatoms. The second kappa shape index (κ2) is 7.89. The topological polar surface area (TPSA) is 105 Å². The number of likely N-dealkylation sites (tertiary alicyclic amines) is 1. The highest BCUT2D eigenvalue weighted by Crippen LogP contribution is 2.57. The molecule has 7 aliphatic carbocycles. The van der Waals surface area contributed by atoms with Crippen molar-refractivity contribution in [2.45, 2.75) is 106 Å². The number of amides is 2. The molecule has 3 N–H and O–H groups in total. The SMILES string of the molecule is N#C[C@@H]1C[C@H](F)CN1C(=O)CNC12CCC(C(=O)NC3C4CC5CC(C4)CC3(O)C5)(CC1)CC2. The largest absolute Gasteiger partial charge is 0.388 e. The van der Waals surface area contributed by atoms with Crippen LogP contribution in [0.15, 0.2) is 0 Å². The van der Waals surface area contributed by atoms with E-state index >= 15 is 0 Å². The summed E-state index contributed by atoms with van der Waals surface area (Å²) in [7, 11) is 0. The van der Waals surface area contributed by atoms with Gasteiger partial charge in [-0.3, -0.25) is 9.59 Å². The molecule has 0 aromatic carbocycles. The number of rotatable bonds is 5. The second-order valence-electron chi connectivity index (χ2n) is 12.6. The van der Waals surface area contributed by atoms with Crippen LogP contribution < -0.4 is 10.6 Å². The number of nitriles is 1. The van der Waals surface area contributed by atoms with Gasteiger partial charge in [0.15, 0.2) is 0 Å². The lowest BCUT2D eigenvalue weighted by Crippen LogP contribution is -2.68. The number of fused-ring (bicyclic) bond motifs is 3. The Kier molecular flexibility index (Phi) is 5.28. The van der Waals surface area contributed by atoms with Gasteiger partial charge in [0.2, 0.25) is 11.8 Å². The van der Waals surface area contributed by atoms with Crippen molar-refractivity contribution < 1.29 is 19.1 Å². The van der Waals surface area contributed by atoms with E-state index in [1.54, 1.807) is 0 Å². The lowest BCUT2D eigenvalue weighted by atomic mass is 9.51. The molecule has 34 heavy (non-hydrogen) atoms. The van der Waals surface area contributed by atoms with Crippen LogP contribution in [0, 0.1) is 34.5 Å². The summed E-state index contributed by atoms with van der Waals surface area (Å²) in [5.41, 5.74) is -1.23. The molecule has 0 aromatic heterocycles. The van der Waals surface area contributed by atoms with Gasteiger partial charge in [0.1, 0.15) is 12.2 Å². The predicted octanol–water partition coefficient (Wildman–Crippen LogP) is 2.19. The summed E-state index contributed by atoms with van der Waals surface area (Å²) < 4.78 is 13.7. The van der Waals surface area contributed by atoms with Crippen molar-refractivity contribution in [3.05, 3.63) is 0 Å². The van der Waals surface area contributed by atoms with Crippen molar-refractivity contribution in [1.29, 1.82) is 5.26 Å². The molecule has 8 rings (SSSR count). The molecule has 6 bridgehead atoms. The van der Waals surface area contributed by atoms with Crippen LogP contribution in [0.5, 0.6) is 0 Å². The highest BCUT2D eigenvalue weighted by atomic mass is 19.1. The molecule has 2 amide bonds. The highest BCUT2D eigenvalue weighted by molar-refractivity contribution is 5.84. The average Bonchev–Trinajstić information content (AvgIpc) is 3.21. The molecular weight excluding hydrogens is 435 g/mol. The van der Waals surface area contributed by atoms with Crippen molar-refractivity contribution in [2.24, 2.45) is 23.2 Å². The first-order valence-electron chi connectivity index (χ1n) is 13.3. The van der Waals surface area contributed by atoms with E-state index < -0.39 is 17.8 Å². The molecule has 8 aliphatic rings. The molecule has 186 valence electrons. The van der Waals surface area contributed by atoms with E-state index in [4.69, 9.17) is 0 Å². The monoisotopic (exact) mass is 472 g/mol. The van der Waals surface area contributed by atoms with Gasteiger partial charge in [-0.15, -0.1) is 0 Å². The van der Waals surface area contributed by atoms with Crippen LogP contribution in [0.1, 0.15) is 77.0 Å². The molecule has 1 aliphatic heterocycles. The van der Waals surface area contributed by atoms with E-state index in [1.165, 1.54) is 11.3 Å². The van der Waals surface area contributed by atoms with E-state index in [-0.39, 0.29) is 48.3 Å². The minimum Gasteiger partial charge on any atom is -0.388 e. The number of halogens is 1. The van der Waals surface area contributed by atoms with Gasteiger partial charge in [0.05, 0.1) is 30.8 Å². The summed E-state index contributed by atoms with van der Waals surface area (Å²) >= 11 is 0. The predicted molar refractivity (Wildman–Crippen MR) is 122 cm³/mol. The minimum atomic E-state index is -1.12. The second-order valence-corrected chi connectivity index (χ2v) is 12.6. The zero-order valence-corrected chi connectivity index (χ0v) is 19.9. The summed E-state index contributed by atoms with van der Waals surface area (Å²) in [6.07, 6.45) is 9.08. The normalized spacial score (nSPS) is 48.7. The van der Waals surface area contributed by atoms with Gasteiger partial charge in [0, 0.05) is 17.4 Å². The Hall–Kier alpha value is -1.72. The quantitative estimate of drug-likeness (QED) is 0.569. The first-order chi connectivity index (χ1) is 16.2. The first kappa shape index (κ1) is 22.7. The van der Waals surface area contributed by atoms with Crippen molar-refractivity contribution in [3.63, 3.8) is 0 Å². The number of hydrogen-bond donors (Lipinski definition) is 3. The maximum absolute atomic E-state index is 13.7. The fraction of sp³-hybridized carbons (Fsp3) is 0.885. The van der Waals surface area contributed by atoms with Crippen molar-refractivity contribution in [2.75, 3.05) is 13.1 Å². The highest BCUT2D eigenvalue weighted by Gasteiger charge is 2.59. The van der Waals surface area contributed by atoms with Crippen molar-refractivity contribution in [1.82, 2.24) is 15.5 Å². The smallest absolute Gasteiger partial charge is 0.237 e. The van der Waals surface area contributed by atoms with Crippen LogP contribution >= 0.6 is 0 Å². The molecule has 0 aromatic rings. The molecule has 7 saturated carbocycles. The summed E-state index contributed by atoms with van der Waals surface area (Å²) in [4.78, 5) is 27.6. The summed E-state index contributed by atoms with van der Waals surface area (Å²) in [6.45, 7) is 0.119. The van der Waals surface area contributed by atoms with Crippen LogP contribution in [0.25, 0.3) is 0 Å². The number of nitrogens with zero attached hydrogens (tertiary/aromatic N) is 2. The van der Waals surface area contributed by atoms with Crippen LogP contribution in [0.3, 0.4) is 0 Å². The maximum Gasteiger partial charge on any atom is 0.237 e. The Morgan fingerprint density at radius 3 is 2.26 bits per heavy atom. The maximum atomic E-state index is 13.7. The average molecular weight is 473 g/mol. The van der Waals surface area contributed by atoms with E-state index in [1.807, 2.05) is 6.07 Å². The van der Waals surface area contributed by atoms with Crippen LogP contribution in [0.4, 0.5) is 4.39 Å². The Morgan fingerprint density at radius 1 is 1.03 bits per heavy atom. The lowest BCUT2D eigenvalue weighted by Gasteiger charge is -2.60. The van der Waals surface area contributed by atoms with E-state index in [0.717, 1.165) is 64.2 Å². The number of alkyl halides is 1. The molecular formula is C26H37FN4O3. The third-order valence-electron chi connectivity index (χ3n) is 10.6. The van der Waals surface area contributed by atoms with Gasteiger partial charge in [-0.1, -0.05) is 0 Å². The summed E-state index contributed by atoms with van der Waals surface area (Å²) in [6, 6.07) is 1.27. The van der Waals surface area contributed by atoms with E-state index in [0.29, 0.717) is 17.8 Å². The van der Waals surface area contributed by atoms with Gasteiger partial charge in [-0.2, -0.15) is 5.26 Å². The van der Waals surface area contributed by atoms with Gasteiger partial charge in [-0.05, 0) is 88.4 Å². The number of aliphatic hydroxyl groups is 1. The number of carbonyl (C=O) groups excluding carboxylic acids is 2. The molecule has 1 heterocycles. The molecule has 3 unspecified atom stereocenters. The lowest BCUT2D eigenvalue weighted by molar-refractivity contribution is -0.164. The van der Waals surface area contributed by atoms with Crippen molar-refractivity contribution in [3.8, 4) is 6.07 Å². The summed E-state index contributed by atoms with van der Waals surface area (Å²) in [5.74, 6) is 1.60. The Labute approximate surface area is 200 Å². The van der Waals surface area contributed by atoms with Crippen molar-refractivity contribution >= 4 is 11.8 Å². The zero-order valence-electron chi connectivity index (χ0n) is 19.9. The van der Waals surface area contributed by atoms with Crippen LogP contribution in [0.2, 0.25) is 0 Å². The Bertz CT molecular complexity index is 880. The van der Waals surface area contributed by atoms with E-state index in [2.05, 4.69) is 10.6 Å². The third-order valence-corrected chi connectivity index (χ3v) is 10.6. The number of hydrogen-bond acceptors (Lipinski definition) is 5. The fourth-order valence-corrected chi connectivity index (χ4v) is 8.88. The van der Waals surface area contributed by atoms with E-state index in [9.17, 15) is 24.3 Å². The first-order valence-corrected chi connectivity index (χ1v) is 13.3. The van der Waals surface area contributed by atoms with Gasteiger partial charge < -0.3 is 20.6 Å². The molecule has 7 nitrogen and oxygen atoms in total. The zero-order chi connectivity index (χ0) is 23.7. The molecule has 0 radical (unpaired) electrons. The molecule has 0 spiro atoms. The van der Waals surface area contributed by atoms with Crippen LogP contribution in [-0.2, 0) is 9.59 Å². The Morgan fingerprint density at radius 2 is 1.68 bits per heavy atom. The standard InChI is InChI=1S/C26H37FN4O3/c27-19-10-20(13-28)31(15-19)21(32)14-29-25-4-1-24(2-5-25,3-6-25)23(33)30-22-18-8-16-7-17(9-18)12-26(22,34)11-16/h16-20,22,29,34H,1-12,14-15H2,(H,30,33)/t16?,17?,18?,19-,20-,22?,24?,25?,26?/m0/s1. The van der Waals surface area contributed by atoms with Gasteiger partial charge >= 0.3 is 0 Å². The van der Waals surface area contributed by atoms with Gasteiger partial charge in [0.25, 0.3) is 0 Å². The minimum absolute atomic E-state index is 0.00498. The summed E-state index contributed by atoms with van der Waals surface area (Å²) in [5, 5.41) is 27.4. The fourth-order valence-electron chi connectivity index (χ4n) is 8.88.